The van der Waals surface area contributed by atoms with Crippen LogP contribution in [-0.4, -0.2) is 70.9 Å². The molecule has 0 aliphatic heterocycles. The minimum Gasteiger partial charge on any atom is -0.790 e. The minimum atomic E-state index is -5.14. The first-order chi connectivity index (χ1) is 4.00. The summed E-state index contributed by atoms with van der Waals surface area (Å²) >= 11 is 0. The Balaban J connectivity index is -0.000000107. The van der Waals surface area contributed by atoms with Gasteiger partial charge in [0.05, 0.1) is 7.82 Å². The summed E-state index contributed by atoms with van der Waals surface area (Å²) < 4.78 is 8.66. The Hall–Kier alpha value is 1.43. The molecule has 8 nitrogen and oxygen atoms in total. The second kappa shape index (κ2) is 6.89. The first-order valence-corrected chi connectivity index (χ1v) is 4.93. The molecule has 11 heteroatoms. The Morgan fingerprint density at radius 3 is 1.09 bits per heavy atom. The van der Waals surface area contributed by atoms with Crippen molar-refractivity contribution in [1.29, 1.82) is 0 Å². The summed E-state index contributed by atoms with van der Waals surface area (Å²) in [6.45, 7) is 0. The van der Waals surface area contributed by atoms with Gasteiger partial charge in [-0.2, -0.15) is 0 Å². The zero-order valence-electron chi connectivity index (χ0n) is 5.12. The van der Waals surface area contributed by atoms with E-state index >= 15 is 0 Å². The van der Waals surface area contributed by atoms with Crippen molar-refractivity contribution in [1.82, 2.24) is 0 Å². The van der Waals surface area contributed by atoms with E-state index in [4.69, 9.17) is 38.4 Å². The molecule has 0 aliphatic rings. The van der Waals surface area contributed by atoms with E-state index in [2.05, 4.69) is 0 Å². The molecule has 0 aromatic rings. The molecule has 0 saturated heterocycles. The SMILES string of the molecule is O=P([O-])([O-])O.O[Si](O)(O)O.[Ca+2]. The summed E-state index contributed by atoms with van der Waals surface area (Å²) in [5, 5.41) is 0. The van der Waals surface area contributed by atoms with Crippen LogP contribution < -0.4 is 9.79 Å². The van der Waals surface area contributed by atoms with Crippen LogP contribution in [0, 0.1) is 0 Å². The molecule has 0 radical (unpaired) electrons. The molecule has 0 unspecified atom stereocenters. The first kappa shape index (κ1) is 18.3. The molecule has 0 aromatic carbocycles. The van der Waals surface area contributed by atoms with Crippen LogP contribution in [0.5, 0.6) is 0 Å². The van der Waals surface area contributed by atoms with Crippen LogP contribution in [0.25, 0.3) is 0 Å². The van der Waals surface area contributed by atoms with Gasteiger partial charge in [-0.3, -0.25) is 0 Å². The molecule has 0 saturated carbocycles. The van der Waals surface area contributed by atoms with E-state index < -0.39 is 16.9 Å². The maximum atomic E-state index is 8.66. The van der Waals surface area contributed by atoms with Crippen LogP contribution in [0.1, 0.15) is 0 Å². The van der Waals surface area contributed by atoms with Crippen LogP contribution >= 0.6 is 7.82 Å². The van der Waals surface area contributed by atoms with Crippen LogP contribution in [0.4, 0.5) is 0 Å². The van der Waals surface area contributed by atoms with E-state index in [1.807, 2.05) is 0 Å². The second-order valence-electron chi connectivity index (χ2n) is 1.07. The largest absolute Gasteiger partial charge is 2.00 e. The molecule has 0 aliphatic carbocycles. The van der Waals surface area contributed by atoms with Gasteiger partial charge in [-0.05, 0) is 0 Å². The zero-order valence-corrected chi connectivity index (χ0v) is 9.22. The molecule has 0 bridgehead atoms. The van der Waals surface area contributed by atoms with Gasteiger partial charge in [0.2, 0.25) is 0 Å². The fraction of sp³-hybridized carbons (Fsp3) is 0. The van der Waals surface area contributed by atoms with Crippen LogP contribution in [0.15, 0.2) is 0 Å². The molecule has 0 aromatic heterocycles. The molecular formula is H5CaO8PSi. The third-order valence-electron chi connectivity index (χ3n) is 0. The fourth-order valence-electron chi connectivity index (χ4n) is 0. The molecule has 11 heavy (non-hydrogen) atoms. The van der Waals surface area contributed by atoms with Crippen molar-refractivity contribution in [2.75, 3.05) is 0 Å². The van der Waals surface area contributed by atoms with Gasteiger partial charge in [0.25, 0.3) is 0 Å². The van der Waals surface area contributed by atoms with Crippen LogP contribution in [0.3, 0.4) is 0 Å². The zero-order chi connectivity index (χ0) is 9.00. The molecule has 0 fully saturated rings. The first-order valence-electron chi connectivity index (χ1n) is 1.64. The van der Waals surface area contributed by atoms with Gasteiger partial charge in [-0.1, -0.05) is 0 Å². The van der Waals surface area contributed by atoms with Gasteiger partial charge in [0.1, 0.15) is 0 Å². The standard InChI is InChI=1S/Ca.H3O4P.H4O4Si/c;2*1-5(2,3)4/h;(H3,1,2,3,4);1-4H/q+2;;/p-2. The van der Waals surface area contributed by atoms with Gasteiger partial charge >= 0.3 is 46.8 Å². The molecule has 0 amide bonds. The summed E-state index contributed by atoms with van der Waals surface area (Å²) in [4.78, 5) is 53.6. The van der Waals surface area contributed by atoms with Crippen molar-refractivity contribution in [3.8, 4) is 0 Å². The average molecular weight is 232 g/mol. The van der Waals surface area contributed by atoms with E-state index in [9.17, 15) is 0 Å². The Morgan fingerprint density at radius 2 is 1.09 bits per heavy atom. The van der Waals surface area contributed by atoms with Gasteiger partial charge in [0, 0.05) is 0 Å². The third-order valence-corrected chi connectivity index (χ3v) is 0. The van der Waals surface area contributed by atoms with E-state index in [1.165, 1.54) is 0 Å². The normalized spacial score (nSPS) is 10.8. The smallest absolute Gasteiger partial charge is 0.790 e. The maximum Gasteiger partial charge on any atom is 2.00 e. The molecular weight excluding hydrogens is 227 g/mol. The predicted molar refractivity (Wildman–Crippen MR) is 30.2 cm³/mol. The summed E-state index contributed by atoms with van der Waals surface area (Å²) in [5.41, 5.74) is 0. The minimum absolute atomic E-state index is 0. The number of rotatable bonds is 0. The van der Waals surface area contributed by atoms with Gasteiger partial charge in [-0.15, -0.1) is 0 Å². The molecule has 5 N–H and O–H groups in total. The average Bonchev–Trinajstić information content (AvgIpc) is 1.12. The topological polar surface area (TPSA) is 164 Å². The van der Waals surface area contributed by atoms with Crippen LogP contribution in [0.2, 0.25) is 0 Å². The van der Waals surface area contributed by atoms with Crippen molar-refractivity contribution in [2.45, 2.75) is 0 Å². The fourth-order valence-corrected chi connectivity index (χ4v) is 0. The second-order valence-corrected chi connectivity index (χ2v) is 3.21. The maximum absolute atomic E-state index is 8.66. The van der Waals surface area contributed by atoms with E-state index in [-0.39, 0.29) is 37.7 Å². The molecule has 0 heterocycles. The van der Waals surface area contributed by atoms with Crippen molar-refractivity contribution in [3.63, 3.8) is 0 Å². The van der Waals surface area contributed by atoms with Crippen molar-refractivity contribution in [3.05, 3.63) is 0 Å². The Morgan fingerprint density at radius 1 is 1.09 bits per heavy atom. The predicted octanol–water partition coefficient (Wildman–Crippen LogP) is -5.18. The molecule has 64 valence electrons. The van der Waals surface area contributed by atoms with Crippen molar-refractivity contribution >= 4 is 54.6 Å². The summed E-state index contributed by atoms with van der Waals surface area (Å²) in [6.07, 6.45) is 0. The number of hydrogen-bond donors (Lipinski definition) is 5. The van der Waals surface area contributed by atoms with Crippen molar-refractivity contribution in [2.24, 2.45) is 0 Å². The summed E-state index contributed by atoms with van der Waals surface area (Å²) in [7, 11) is -9.75. The summed E-state index contributed by atoms with van der Waals surface area (Å²) in [6, 6.07) is 0. The van der Waals surface area contributed by atoms with E-state index in [0.29, 0.717) is 0 Å². The van der Waals surface area contributed by atoms with E-state index in [0.717, 1.165) is 0 Å². The Kier molecular flexibility index (Phi) is 11.4. The number of hydrogen-bond acceptors (Lipinski definition) is 7. The van der Waals surface area contributed by atoms with Gasteiger partial charge in [0.15, 0.2) is 0 Å². The molecule has 0 rings (SSSR count). The Labute approximate surface area is 92.5 Å². The van der Waals surface area contributed by atoms with Gasteiger partial charge in [-0.25, -0.2) is 0 Å². The molecule has 0 atom stereocenters. The van der Waals surface area contributed by atoms with Crippen molar-refractivity contribution < 1.29 is 38.4 Å². The van der Waals surface area contributed by atoms with Crippen LogP contribution in [-0.2, 0) is 4.57 Å². The summed E-state index contributed by atoms with van der Waals surface area (Å²) in [5.74, 6) is 0. The molecule has 0 spiro atoms. The van der Waals surface area contributed by atoms with E-state index in [1.54, 1.807) is 0 Å². The number of phosphoric acid groups is 1. The van der Waals surface area contributed by atoms with Gasteiger partial charge < -0.3 is 38.4 Å². The monoisotopic (exact) mass is 232 g/mol. The third kappa shape index (κ3) is 499. The Bertz CT molecular complexity index is 106. The quantitative estimate of drug-likeness (QED) is 0.204.